The summed E-state index contributed by atoms with van der Waals surface area (Å²) < 4.78 is 6.05. The number of esters is 1. The van der Waals surface area contributed by atoms with E-state index in [0.29, 0.717) is 5.56 Å². The Kier molecular flexibility index (Phi) is 5.75. The number of carbonyl (C=O) groups is 3. The molecule has 0 aliphatic carbocycles. The topological polar surface area (TPSA) is 63.7 Å². The molecule has 1 aliphatic heterocycles. The van der Waals surface area contributed by atoms with E-state index in [0.717, 1.165) is 21.3 Å². The zero-order valence-electron chi connectivity index (χ0n) is 15.2. The van der Waals surface area contributed by atoms with Gasteiger partial charge in [-0.25, -0.2) is 0 Å². The maximum absolute atomic E-state index is 12.4. The highest BCUT2D eigenvalue weighted by Crippen LogP contribution is 2.29. The molecule has 3 rings (SSSR count). The Morgan fingerprint density at radius 3 is 2.56 bits per heavy atom. The molecule has 5 nitrogen and oxygen atoms in total. The van der Waals surface area contributed by atoms with E-state index < -0.39 is 11.9 Å². The number of carbonyl (C=O) groups excluding carboxylic acids is 3. The number of hydrogen-bond donors (Lipinski definition) is 0. The molecule has 1 heterocycles. The van der Waals surface area contributed by atoms with Gasteiger partial charge in [0.05, 0.1) is 5.92 Å². The van der Waals surface area contributed by atoms with Crippen LogP contribution in [0.1, 0.15) is 27.9 Å². The summed E-state index contributed by atoms with van der Waals surface area (Å²) in [6.45, 7) is 3.84. The molecule has 27 heavy (non-hydrogen) atoms. The first-order valence-electron chi connectivity index (χ1n) is 8.68. The van der Waals surface area contributed by atoms with Crippen LogP contribution in [0.15, 0.2) is 46.9 Å². The molecule has 1 fully saturated rings. The summed E-state index contributed by atoms with van der Waals surface area (Å²) in [5.74, 6) is -1.45. The summed E-state index contributed by atoms with van der Waals surface area (Å²) in [6.07, 6.45) is 0.0959. The van der Waals surface area contributed by atoms with Crippen molar-refractivity contribution in [3.63, 3.8) is 0 Å². The van der Waals surface area contributed by atoms with Gasteiger partial charge in [0, 0.05) is 28.7 Å². The Morgan fingerprint density at radius 1 is 1.15 bits per heavy atom. The van der Waals surface area contributed by atoms with Crippen molar-refractivity contribution in [3.8, 4) is 0 Å². The Hall–Kier alpha value is -2.47. The lowest BCUT2D eigenvalue weighted by atomic mass is 10.1. The number of aryl methyl sites for hydroxylation is 2. The highest BCUT2D eigenvalue weighted by molar-refractivity contribution is 9.10. The van der Waals surface area contributed by atoms with Crippen molar-refractivity contribution in [2.45, 2.75) is 20.3 Å². The van der Waals surface area contributed by atoms with Gasteiger partial charge in [0.25, 0.3) is 0 Å². The van der Waals surface area contributed by atoms with E-state index in [1.54, 1.807) is 29.2 Å². The van der Waals surface area contributed by atoms with Crippen LogP contribution in [-0.4, -0.2) is 30.8 Å². The van der Waals surface area contributed by atoms with Crippen LogP contribution in [0.5, 0.6) is 0 Å². The second kappa shape index (κ2) is 8.05. The Balaban J connectivity index is 1.61. The highest BCUT2D eigenvalue weighted by Gasteiger charge is 2.36. The average Bonchev–Trinajstić information content (AvgIpc) is 3.03. The Morgan fingerprint density at radius 2 is 1.85 bits per heavy atom. The van der Waals surface area contributed by atoms with E-state index in [4.69, 9.17) is 4.74 Å². The number of Topliss-reactive ketones (excluding diaryl/α,β-unsaturated/α-hetero) is 1. The Labute approximate surface area is 166 Å². The van der Waals surface area contributed by atoms with Crippen LogP contribution in [0.25, 0.3) is 0 Å². The van der Waals surface area contributed by atoms with E-state index in [2.05, 4.69) is 15.9 Å². The van der Waals surface area contributed by atoms with Gasteiger partial charge in [-0.05, 0) is 43.2 Å². The van der Waals surface area contributed by atoms with Crippen molar-refractivity contribution in [2.24, 2.45) is 5.92 Å². The van der Waals surface area contributed by atoms with Gasteiger partial charge in [-0.1, -0.05) is 40.2 Å². The molecular formula is C21H20BrNO4. The van der Waals surface area contributed by atoms with Crippen LogP contribution in [0, 0.1) is 19.8 Å². The lowest BCUT2D eigenvalue weighted by Crippen LogP contribution is -2.27. The van der Waals surface area contributed by atoms with E-state index in [1.165, 1.54) is 0 Å². The summed E-state index contributed by atoms with van der Waals surface area (Å²) in [5, 5.41) is 0. The quantitative estimate of drug-likeness (QED) is 0.534. The van der Waals surface area contributed by atoms with Crippen molar-refractivity contribution < 1.29 is 19.1 Å². The van der Waals surface area contributed by atoms with Gasteiger partial charge in [-0.2, -0.15) is 0 Å². The number of benzene rings is 2. The zero-order chi connectivity index (χ0) is 19.6. The number of rotatable bonds is 5. The largest absolute Gasteiger partial charge is 0.457 e. The normalized spacial score (nSPS) is 16.5. The summed E-state index contributed by atoms with van der Waals surface area (Å²) in [5.41, 5.74) is 3.33. The minimum atomic E-state index is -0.560. The van der Waals surface area contributed by atoms with Crippen LogP contribution in [0.4, 0.5) is 5.69 Å². The van der Waals surface area contributed by atoms with Crippen LogP contribution in [0.3, 0.4) is 0 Å². The summed E-state index contributed by atoms with van der Waals surface area (Å²) >= 11 is 3.31. The van der Waals surface area contributed by atoms with Crippen molar-refractivity contribution in [2.75, 3.05) is 18.1 Å². The first-order chi connectivity index (χ1) is 12.8. The molecule has 0 unspecified atom stereocenters. The third-order valence-electron chi connectivity index (χ3n) is 4.63. The second-order valence-electron chi connectivity index (χ2n) is 6.73. The van der Waals surface area contributed by atoms with Crippen molar-refractivity contribution in [1.82, 2.24) is 0 Å². The van der Waals surface area contributed by atoms with Gasteiger partial charge >= 0.3 is 5.97 Å². The average molecular weight is 430 g/mol. The fourth-order valence-electron chi connectivity index (χ4n) is 3.08. The van der Waals surface area contributed by atoms with E-state index >= 15 is 0 Å². The molecule has 1 saturated heterocycles. The van der Waals surface area contributed by atoms with Gasteiger partial charge in [0.2, 0.25) is 5.91 Å². The van der Waals surface area contributed by atoms with Gasteiger partial charge in [-0.3, -0.25) is 14.4 Å². The third-order valence-corrected chi connectivity index (χ3v) is 5.15. The number of nitrogens with zero attached hydrogens (tertiary/aromatic N) is 1. The minimum absolute atomic E-state index is 0.0959. The van der Waals surface area contributed by atoms with Gasteiger partial charge in [-0.15, -0.1) is 0 Å². The molecule has 6 heteroatoms. The molecule has 1 atom stereocenters. The SMILES string of the molecule is Cc1ccc(C)c(N2C[C@H](C(=O)OCC(=O)c3ccc(Br)cc3)CC2=O)c1. The summed E-state index contributed by atoms with van der Waals surface area (Å²) in [7, 11) is 0. The number of amides is 1. The van der Waals surface area contributed by atoms with Crippen molar-refractivity contribution >= 4 is 39.3 Å². The smallest absolute Gasteiger partial charge is 0.311 e. The Bertz CT molecular complexity index is 892. The molecule has 0 saturated carbocycles. The number of ketones is 1. The monoisotopic (exact) mass is 429 g/mol. The molecule has 0 spiro atoms. The first kappa shape index (κ1) is 19.3. The summed E-state index contributed by atoms with van der Waals surface area (Å²) in [6, 6.07) is 12.7. The van der Waals surface area contributed by atoms with Crippen LogP contribution < -0.4 is 4.90 Å². The van der Waals surface area contributed by atoms with E-state index in [-0.39, 0.29) is 31.3 Å². The van der Waals surface area contributed by atoms with Crippen LogP contribution in [0.2, 0.25) is 0 Å². The minimum Gasteiger partial charge on any atom is -0.457 e. The fraction of sp³-hybridized carbons (Fsp3) is 0.286. The first-order valence-corrected chi connectivity index (χ1v) is 9.47. The maximum atomic E-state index is 12.4. The van der Waals surface area contributed by atoms with Gasteiger partial charge in [0.15, 0.2) is 12.4 Å². The molecule has 140 valence electrons. The van der Waals surface area contributed by atoms with Crippen LogP contribution >= 0.6 is 15.9 Å². The number of ether oxygens (including phenoxy) is 1. The predicted molar refractivity (Wildman–Crippen MR) is 106 cm³/mol. The maximum Gasteiger partial charge on any atom is 0.311 e. The zero-order valence-corrected chi connectivity index (χ0v) is 16.8. The molecule has 1 amide bonds. The van der Waals surface area contributed by atoms with Crippen molar-refractivity contribution in [3.05, 3.63) is 63.6 Å². The van der Waals surface area contributed by atoms with Gasteiger partial charge < -0.3 is 9.64 Å². The molecule has 1 aliphatic rings. The van der Waals surface area contributed by atoms with Gasteiger partial charge in [0.1, 0.15) is 0 Å². The van der Waals surface area contributed by atoms with E-state index in [9.17, 15) is 14.4 Å². The van der Waals surface area contributed by atoms with E-state index in [1.807, 2.05) is 32.0 Å². The predicted octanol–water partition coefficient (Wildman–Crippen LogP) is 3.84. The molecule has 2 aromatic carbocycles. The molecular weight excluding hydrogens is 410 g/mol. The number of anilines is 1. The number of halogens is 1. The lowest BCUT2D eigenvalue weighted by molar-refractivity contribution is -0.147. The third kappa shape index (κ3) is 4.45. The second-order valence-corrected chi connectivity index (χ2v) is 7.65. The molecule has 2 aromatic rings. The fourth-order valence-corrected chi connectivity index (χ4v) is 3.35. The molecule has 0 N–H and O–H groups in total. The highest BCUT2D eigenvalue weighted by atomic mass is 79.9. The standard InChI is InChI=1S/C21H20BrNO4/c1-13-3-4-14(2)18(9-13)23-11-16(10-20(23)25)21(26)27-12-19(24)15-5-7-17(22)8-6-15/h3-9,16H,10-12H2,1-2H3/t16-/m1/s1. The molecule has 0 aromatic heterocycles. The summed E-state index contributed by atoms with van der Waals surface area (Å²) in [4.78, 5) is 38.5. The lowest BCUT2D eigenvalue weighted by Gasteiger charge is -2.19. The van der Waals surface area contributed by atoms with Crippen molar-refractivity contribution in [1.29, 1.82) is 0 Å². The number of hydrogen-bond acceptors (Lipinski definition) is 4. The molecule has 0 bridgehead atoms. The van der Waals surface area contributed by atoms with Crippen LogP contribution in [-0.2, 0) is 14.3 Å². The molecule has 0 radical (unpaired) electrons.